The summed E-state index contributed by atoms with van der Waals surface area (Å²) in [5, 5.41) is 12.3. The molecule has 0 saturated carbocycles. The number of carbonyl (C=O) groups is 2. The van der Waals surface area contributed by atoms with E-state index in [9.17, 15) is 89.3 Å². The molecule has 0 saturated heterocycles. The van der Waals surface area contributed by atoms with Crippen molar-refractivity contribution >= 4 is 19.8 Å². The second kappa shape index (κ2) is 17.4. The lowest BCUT2D eigenvalue weighted by atomic mass is 9.88. The summed E-state index contributed by atoms with van der Waals surface area (Å²) in [6, 6.07) is 4.96. The van der Waals surface area contributed by atoms with Crippen LogP contribution in [-0.2, 0) is 25.3 Å². The van der Waals surface area contributed by atoms with Crippen molar-refractivity contribution in [2.24, 2.45) is 5.41 Å². The van der Waals surface area contributed by atoms with Crippen LogP contribution in [0.2, 0.25) is 0 Å². The number of carbonyl (C=O) groups excluding carboxylic acids is 2. The van der Waals surface area contributed by atoms with Crippen LogP contribution in [0.25, 0.3) is 0 Å². The van der Waals surface area contributed by atoms with Crippen molar-refractivity contribution in [3.63, 3.8) is 0 Å². The zero-order valence-corrected chi connectivity index (χ0v) is 31.7. The fourth-order valence-corrected chi connectivity index (χ4v) is 8.24. The van der Waals surface area contributed by atoms with Crippen molar-refractivity contribution in [1.29, 1.82) is 0 Å². The molecular formula is C30H39F17N4O5P+. The summed E-state index contributed by atoms with van der Waals surface area (Å²) in [6.45, 7) is -2.58. The average molecular weight is 890 g/mol. The Morgan fingerprint density at radius 1 is 0.684 bits per heavy atom. The van der Waals surface area contributed by atoms with Gasteiger partial charge in [-0.3, -0.25) is 4.79 Å². The van der Waals surface area contributed by atoms with E-state index in [1.165, 1.54) is 30.3 Å². The molecule has 0 aromatic heterocycles. The minimum absolute atomic E-state index is 0.187. The highest BCUT2D eigenvalue weighted by molar-refractivity contribution is 7.64. The maximum atomic E-state index is 14.5. The van der Waals surface area contributed by atoms with Gasteiger partial charge in [0.25, 0.3) is 0 Å². The lowest BCUT2D eigenvalue weighted by Crippen LogP contribution is -2.74. The highest BCUT2D eigenvalue weighted by Crippen LogP contribution is 2.66. The number of nitrogens with one attached hydrogen (secondary N) is 1. The van der Waals surface area contributed by atoms with Crippen LogP contribution in [0.4, 0.5) is 74.6 Å². The van der Waals surface area contributed by atoms with Crippen LogP contribution in [0.5, 0.6) is 0 Å². The first-order chi connectivity index (χ1) is 25.3. The number of aliphatic hydroxyl groups excluding tert-OH is 1. The van der Waals surface area contributed by atoms with Crippen LogP contribution in [0.15, 0.2) is 30.3 Å². The SMILES string of the molecule is CN(C)[P+](OCC(C)(CO)C(=O)N[C@@H](Cc1ccccc1)C(=O)OCCC(F)(F)C(F)(F)C(F)(F)C(F)(F)C(F)(F)C(F)(F)C(F)(F)C(F)(F)F)(N(C)C)N(C)C. The number of amides is 1. The summed E-state index contributed by atoms with van der Waals surface area (Å²) < 4.78 is 247. The Morgan fingerprint density at radius 2 is 1.09 bits per heavy atom. The summed E-state index contributed by atoms with van der Waals surface area (Å²) in [4.78, 5) is 26.5. The highest BCUT2D eigenvalue weighted by atomic mass is 31.2. The van der Waals surface area contributed by atoms with Gasteiger partial charge >= 0.3 is 61.5 Å². The van der Waals surface area contributed by atoms with Crippen LogP contribution in [0.3, 0.4) is 0 Å². The average Bonchev–Trinajstić information content (AvgIpc) is 3.06. The molecule has 0 spiro atoms. The molecule has 0 aliphatic heterocycles. The highest BCUT2D eigenvalue weighted by Gasteiger charge is 2.95. The van der Waals surface area contributed by atoms with Gasteiger partial charge in [0.15, 0.2) is 0 Å². The van der Waals surface area contributed by atoms with Crippen molar-refractivity contribution in [1.82, 2.24) is 19.3 Å². The zero-order valence-electron chi connectivity index (χ0n) is 30.8. The predicted octanol–water partition coefficient (Wildman–Crippen LogP) is 7.03. The molecule has 1 aromatic rings. The van der Waals surface area contributed by atoms with Gasteiger partial charge in [0.1, 0.15) is 12.6 Å². The lowest BCUT2D eigenvalue weighted by Gasteiger charge is -2.42. The quantitative estimate of drug-likeness (QED) is 0.0773. The second-order valence-electron chi connectivity index (χ2n) is 13.3. The van der Waals surface area contributed by atoms with Gasteiger partial charge in [0.05, 0.1) is 25.0 Å². The third-order valence-electron chi connectivity index (χ3n) is 8.34. The van der Waals surface area contributed by atoms with Crippen molar-refractivity contribution in [2.45, 2.75) is 73.4 Å². The van der Waals surface area contributed by atoms with E-state index in [1.54, 1.807) is 56.3 Å². The minimum Gasteiger partial charge on any atom is -0.464 e. The van der Waals surface area contributed by atoms with Crippen molar-refractivity contribution in [3.8, 4) is 0 Å². The maximum absolute atomic E-state index is 14.5. The third-order valence-corrected chi connectivity index (χ3v) is 11.9. The van der Waals surface area contributed by atoms with Gasteiger partial charge in [-0.05, 0) is 12.5 Å². The first-order valence-corrected chi connectivity index (χ1v) is 17.3. The molecule has 0 bridgehead atoms. The van der Waals surface area contributed by atoms with Crippen LogP contribution >= 0.6 is 7.94 Å². The van der Waals surface area contributed by atoms with Gasteiger partial charge in [-0.15, -0.1) is 14.0 Å². The number of aliphatic hydroxyl groups is 1. The number of hydrogen-bond donors (Lipinski definition) is 2. The normalized spacial score (nSPS) is 16.2. The molecule has 0 aliphatic rings. The van der Waals surface area contributed by atoms with E-state index >= 15 is 0 Å². The molecule has 1 unspecified atom stereocenters. The molecule has 2 atom stereocenters. The van der Waals surface area contributed by atoms with Crippen LogP contribution in [0.1, 0.15) is 18.9 Å². The van der Waals surface area contributed by atoms with E-state index in [0.717, 1.165) is 6.92 Å². The van der Waals surface area contributed by atoms with Crippen molar-refractivity contribution in [2.75, 3.05) is 62.1 Å². The van der Waals surface area contributed by atoms with Gasteiger partial charge in [-0.1, -0.05) is 30.3 Å². The van der Waals surface area contributed by atoms with E-state index < -0.39 is 112 Å². The third kappa shape index (κ3) is 9.49. The molecule has 0 fully saturated rings. The fourth-order valence-electron chi connectivity index (χ4n) is 4.94. The Kier molecular flexibility index (Phi) is 16.0. The van der Waals surface area contributed by atoms with Crippen LogP contribution < -0.4 is 5.32 Å². The molecule has 1 rings (SSSR count). The Hall–Kier alpha value is -2.80. The van der Waals surface area contributed by atoms with E-state index in [0.29, 0.717) is 0 Å². The summed E-state index contributed by atoms with van der Waals surface area (Å²) in [6.07, 6.45) is -11.5. The Balaban J connectivity index is 3.42. The van der Waals surface area contributed by atoms with E-state index in [2.05, 4.69) is 10.1 Å². The Labute approximate surface area is 315 Å². The van der Waals surface area contributed by atoms with Gasteiger partial charge in [-0.2, -0.15) is 79.2 Å². The first-order valence-electron chi connectivity index (χ1n) is 15.7. The van der Waals surface area contributed by atoms with E-state index in [4.69, 9.17) is 4.52 Å². The number of nitrogens with zero attached hydrogens (tertiary/aromatic N) is 3. The minimum atomic E-state index is -8.78. The van der Waals surface area contributed by atoms with Gasteiger partial charge < -0.3 is 15.2 Å². The number of ether oxygens (including phenoxy) is 1. The summed E-state index contributed by atoms with van der Waals surface area (Å²) in [5.41, 5.74) is -1.73. The molecule has 27 heteroatoms. The standard InChI is InChI=1S/C30H38F17N4O5P/c1-22(16-52,17-56-57(49(2)3,50(4)5)51(6)7)21(54)48-19(15-18-11-9-8-10-12-18)20(53)55-14-13-23(31,32)24(33,34)25(35,36)26(37,38)27(39,40)28(41,42)29(43,44)30(45,46)47/h8-12,19,52H,13-17H2,1-7H3/p+1/t19-,22?/m0/s1. The van der Waals surface area contributed by atoms with Crippen molar-refractivity contribution < 1.29 is 98.6 Å². The maximum Gasteiger partial charge on any atom is 0.460 e. The number of halogens is 17. The molecule has 1 amide bonds. The van der Waals surface area contributed by atoms with E-state index in [-0.39, 0.29) is 5.56 Å². The molecule has 9 nitrogen and oxygen atoms in total. The summed E-state index contributed by atoms with van der Waals surface area (Å²) in [7, 11) is 6.97. The second-order valence-corrected chi connectivity index (χ2v) is 17.0. The molecule has 1 aromatic carbocycles. The van der Waals surface area contributed by atoms with Crippen LogP contribution in [0, 0.1) is 5.41 Å². The monoisotopic (exact) mass is 889 g/mol. The topological polar surface area (TPSA) is 94.6 Å². The fraction of sp³-hybridized carbons (Fsp3) is 0.733. The number of hydrogen-bond acceptors (Lipinski definition) is 8. The number of benzene rings is 1. The summed E-state index contributed by atoms with van der Waals surface area (Å²) >= 11 is 0. The zero-order chi connectivity index (χ0) is 45.2. The number of rotatable bonds is 21. The number of alkyl halides is 17. The Bertz CT molecular complexity index is 1500. The lowest BCUT2D eigenvalue weighted by molar-refractivity contribution is -0.461. The Morgan fingerprint density at radius 3 is 1.47 bits per heavy atom. The predicted molar refractivity (Wildman–Crippen MR) is 167 cm³/mol. The van der Waals surface area contributed by atoms with Gasteiger partial charge in [-0.25, -0.2) is 4.79 Å². The smallest absolute Gasteiger partial charge is 0.460 e. The summed E-state index contributed by atoms with van der Waals surface area (Å²) in [5.74, 6) is -60.7. The molecule has 0 radical (unpaired) electrons. The molecule has 0 heterocycles. The van der Waals surface area contributed by atoms with Gasteiger partial charge in [0, 0.05) is 48.7 Å². The molecule has 2 N–H and O–H groups in total. The van der Waals surface area contributed by atoms with Gasteiger partial charge in [0.2, 0.25) is 5.91 Å². The number of esters is 1. The first kappa shape index (κ1) is 52.2. The molecule has 0 aliphatic carbocycles. The van der Waals surface area contributed by atoms with Crippen LogP contribution in [-0.4, -0.2) is 147 Å². The van der Waals surface area contributed by atoms with E-state index in [1.807, 2.05) is 0 Å². The van der Waals surface area contributed by atoms with Crippen molar-refractivity contribution in [3.05, 3.63) is 35.9 Å². The largest absolute Gasteiger partial charge is 0.464 e. The molecule has 332 valence electrons. The molecular weight excluding hydrogens is 850 g/mol. The molecule has 57 heavy (non-hydrogen) atoms.